The molecule has 1 aromatic heterocycles. The minimum atomic E-state index is 0.163. The summed E-state index contributed by atoms with van der Waals surface area (Å²) >= 11 is 0. The molecule has 0 fully saturated rings. The highest BCUT2D eigenvalue weighted by molar-refractivity contribution is 5.27. The van der Waals surface area contributed by atoms with Crippen molar-refractivity contribution >= 4 is 0 Å². The Hall–Kier alpha value is -1.09. The molecule has 0 saturated carbocycles. The Bertz CT molecular complexity index is 476. The Morgan fingerprint density at radius 3 is 2.89 bits per heavy atom. The van der Waals surface area contributed by atoms with Crippen LogP contribution in [0.25, 0.3) is 0 Å². The predicted molar refractivity (Wildman–Crippen MR) is 79.5 cm³/mol. The number of fused-ring (bicyclic) bond motifs is 1. The molecule has 1 aliphatic carbocycles. The average Bonchev–Trinajstić information content (AvgIpc) is 2.38. The Morgan fingerprint density at radius 1 is 1.42 bits per heavy atom. The first kappa shape index (κ1) is 14.3. The van der Waals surface area contributed by atoms with E-state index >= 15 is 0 Å². The van der Waals surface area contributed by atoms with Gasteiger partial charge < -0.3 is 9.88 Å². The summed E-state index contributed by atoms with van der Waals surface area (Å²) in [6, 6.07) is 4.21. The van der Waals surface area contributed by atoms with E-state index in [0.717, 1.165) is 25.9 Å². The third-order valence-corrected chi connectivity index (χ3v) is 3.99. The van der Waals surface area contributed by atoms with E-state index in [-0.39, 0.29) is 5.56 Å². The lowest BCUT2D eigenvalue weighted by molar-refractivity contribution is 0.435. The fraction of sp³-hybridized carbons (Fsp3) is 0.688. The van der Waals surface area contributed by atoms with Gasteiger partial charge in [0.05, 0.1) is 0 Å². The Labute approximate surface area is 116 Å². The van der Waals surface area contributed by atoms with Crippen LogP contribution in [0.15, 0.2) is 16.9 Å². The van der Waals surface area contributed by atoms with E-state index in [2.05, 4.69) is 26.1 Å². The lowest BCUT2D eigenvalue weighted by Gasteiger charge is -2.28. The van der Waals surface area contributed by atoms with Crippen molar-refractivity contribution in [3.8, 4) is 0 Å². The molecule has 1 unspecified atom stereocenters. The second kappa shape index (κ2) is 6.38. The molecule has 0 aromatic carbocycles. The molecule has 3 heteroatoms. The number of nitrogens with one attached hydrogen (secondary N) is 1. The van der Waals surface area contributed by atoms with Crippen molar-refractivity contribution in [3.05, 3.63) is 33.7 Å². The van der Waals surface area contributed by atoms with Crippen LogP contribution in [0.5, 0.6) is 0 Å². The molecule has 106 valence electrons. The molecule has 1 aliphatic rings. The van der Waals surface area contributed by atoms with Crippen molar-refractivity contribution in [2.45, 2.75) is 59.0 Å². The largest absolute Gasteiger partial charge is 0.312 e. The van der Waals surface area contributed by atoms with Crippen molar-refractivity contribution in [1.29, 1.82) is 0 Å². The number of pyridine rings is 1. The number of hydrogen-bond acceptors (Lipinski definition) is 2. The zero-order chi connectivity index (χ0) is 13.8. The lowest BCUT2D eigenvalue weighted by Crippen LogP contribution is -2.32. The quantitative estimate of drug-likeness (QED) is 0.885. The van der Waals surface area contributed by atoms with Gasteiger partial charge >= 0.3 is 0 Å². The van der Waals surface area contributed by atoms with Gasteiger partial charge in [-0.05, 0) is 43.7 Å². The second-order valence-corrected chi connectivity index (χ2v) is 5.91. The molecule has 0 radical (unpaired) electrons. The topological polar surface area (TPSA) is 34.0 Å². The van der Waals surface area contributed by atoms with Crippen LogP contribution >= 0.6 is 0 Å². The predicted octanol–water partition coefficient (Wildman–Crippen LogP) is 2.88. The third-order valence-electron chi connectivity index (χ3n) is 3.99. The molecule has 1 N–H and O–H groups in total. The fourth-order valence-corrected chi connectivity index (χ4v) is 2.95. The molecule has 2 rings (SSSR count). The first-order valence-corrected chi connectivity index (χ1v) is 7.59. The highest BCUT2D eigenvalue weighted by Gasteiger charge is 2.22. The maximum Gasteiger partial charge on any atom is 0.250 e. The third kappa shape index (κ3) is 3.27. The van der Waals surface area contributed by atoms with Crippen molar-refractivity contribution in [1.82, 2.24) is 9.88 Å². The van der Waals surface area contributed by atoms with Crippen LogP contribution in [0.1, 0.15) is 57.3 Å². The molecule has 0 bridgehead atoms. The van der Waals surface area contributed by atoms with E-state index in [1.54, 1.807) is 6.07 Å². The summed E-state index contributed by atoms with van der Waals surface area (Å²) in [5.41, 5.74) is 2.78. The van der Waals surface area contributed by atoms with Gasteiger partial charge in [0.25, 0.3) is 5.56 Å². The molecule has 19 heavy (non-hydrogen) atoms. The van der Waals surface area contributed by atoms with Crippen molar-refractivity contribution < 1.29 is 0 Å². The first-order valence-electron chi connectivity index (χ1n) is 7.59. The zero-order valence-corrected chi connectivity index (χ0v) is 12.4. The van der Waals surface area contributed by atoms with Gasteiger partial charge in [0, 0.05) is 24.3 Å². The van der Waals surface area contributed by atoms with E-state index in [0.29, 0.717) is 12.0 Å². The molecule has 0 aliphatic heterocycles. The summed E-state index contributed by atoms with van der Waals surface area (Å²) in [6.07, 6.45) is 4.48. The van der Waals surface area contributed by atoms with Gasteiger partial charge in [0.2, 0.25) is 0 Å². The molecular weight excluding hydrogens is 236 g/mol. The van der Waals surface area contributed by atoms with Gasteiger partial charge in [-0.25, -0.2) is 0 Å². The Kier molecular flexibility index (Phi) is 4.81. The summed E-state index contributed by atoms with van der Waals surface area (Å²) in [5.74, 6) is 0.635. The van der Waals surface area contributed by atoms with E-state index in [1.807, 2.05) is 10.6 Å². The van der Waals surface area contributed by atoms with E-state index in [1.165, 1.54) is 24.1 Å². The highest BCUT2D eigenvalue weighted by Crippen LogP contribution is 2.28. The second-order valence-electron chi connectivity index (χ2n) is 5.91. The van der Waals surface area contributed by atoms with Crippen molar-refractivity contribution in [3.63, 3.8) is 0 Å². The molecule has 0 spiro atoms. The van der Waals surface area contributed by atoms with Crippen LogP contribution in [-0.4, -0.2) is 11.1 Å². The Morgan fingerprint density at radius 2 is 2.21 bits per heavy atom. The zero-order valence-electron chi connectivity index (χ0n) is 12.4. The van der Waals surface area contributed by atoms with Gasteiger partial charge in [-0.1, -0.05) is 26.8 Å². The van der Waals surface area contributed by atoms with E-state index in [9.17, 15) is 4.79 Å². The maximum absolute atomic E-state index is 12.1. The lowest BCUT2D eigenvalue weighted by atomic mass is 9.90. The normalized spacial score (nSPS) is 18.6. The number of aromatic nitrogens is 1. The molecule has 1 atom stereocenters. The van der Waals surface area contributed by atoms with Gasteiger partial charge in [-0.2, -0.15) is 0 Å². The van der Waals surface area contributed by atoms with E-state index < -0.39 is 0 Å². The van der Waals surface area contributed by atoms with E-state index in [4.69, 9.17) is 0 Å². The summed E-state index contributed by atoms with van der Waals surface area (Å²) in [4.78, 5) is 12.1. The molecule has 1 aromatic rings. The molecule has 0 saturated heterocycles. The van der Waals surface area contributed by atoms with Gasteiger partial charge in [-0.15, -0.1) is 0 Å². The summed E-state index contributed by atoms with van der Waals surface area (Å²) < 4.78 is 2.01. The standard InChI is InChI=1S/C16H26N2O/c1-4-17-14-6-5-7-15-13(14)8-9-16(19)18(15)11-10-12(2)3/h8-9,12,14,17H,4-7,10-11H2,1-3H3. The summed E-state index contributed by atoms with van der Waals surface area (Å²) in [6.45, 7) is 8.40. The minimum absolute atomic E-state index is 0.163. The van der Waals surface area contributed by atoms with Crippen LogP contribution in [0, 0.1) is 5.92 Å². The number of hydrogen-bond donors (Lipinski definition) is 1. The molecule has 1 heterocycles. The first-order chi connectivity index (χ1) is 9.13. The Balaban J connectivity index is 2.33. The summed E-state index contributed by atoms with van der Waals surface area (Å²) in [5, 5.41) is 3.54. The average molecular weight is 262 g/mol. The van der Waals surface area contributed by atoms with Crippen LogP contribution in [0.2, 0.25) is 0 Å². The molecule has 0 amide bonds. The maximum atomic E-state index is 12.1. The van der Waals surface area contributed by atoms with Gasteiger partial charge in [0.15, 0.2) is 0 Å². The number of rotatable bonds is 5. The van der Waals surface area contributed by atoms with Gasteiger partial charge in [-0.3, -0.25) is 4.79 Å². The SMILES string of the molecule is CCNC1CCCc2c1ccc(=O)n2CCC(C)C. The van der Waals surface area contributed by atoms with Gasteiger partial charge in [0.1, 0.15) is 0 Å². The van der Waals surface area contributed by atoms with Crippen molar-refractivity contribution in [2.75, 3.05) is 6.54 Å². The molecule has 3 nitrogen and oxygen atoms in total. The van der Waals surface area contributed by atoms with Crippen LogP contribution in [0.4, 0.5) is 0 Å². The number of nitrogens with zero attached hydrogens (tertiary/aromatic N) is 1. The van der Waals surface area contributed by atoms with Crippen molar-refractivity contribution in [2.24, 2.45) is 5.92 Å². The molecular formula is C16H26N2O. The highest BCUT2D eigenvalue weighted by atomic mass is 16.1. The summed E-state index contributed by atoms with van der Waals surface area (Å²) in [7, 11) is 0. The van der Waals surface area contributed by atoms with Crippen LogP contribution < -0.4 is 10.9 Å². The smallest absolute Gasteiger partial charge is 0.250 e. The van der Waals surface area contributed by atoms with Crippen LogP contribution in [-0.2, 0) is 13.0 Å². The minimum Gasteiger partial charge on any atom is -0.312 e. The fourth-order valence-electron chi connectivity index (χ4n) is 2.95. The van der Waals surface area contributed by atoms with Crippen LogP contribution in [0.3, 0.4) is 0 Å². The monoisotopic (exact) mass is 262 g/mol.